The van der Waals surface area contributed by atoms with Crippen LogP contribution in [0.25, 0.3) is 0 Å². The van der Waals surface area contributed by atoms with E-state index < -0.39 is 25.2 Å². The summed E-state index contributed by atoms with van der Waals surface area (Å²) in [4.78, 5) is 23.5. The zero-order chi connectivity index (χ0) is 16.6. The van der Waals surface area contributed by atoms with Gasteiger partial charge in [0.05, 0.1) is 7.11 Å². The van der Waals surface area contributed by atoms with Gasteiger partial charge in [-0.3, -0.25) is 9.88 Å². The minimum absolute atomic E-state index is 0.0317. The quantitative estimate of drug-likeness (QED) is 0.610. The van der Waals surface area contributed by atoms with Crippen LogP contribution in [0.5, 0.6) is 0 Å². The second kappa shape index (κ2) is 8.56. The summed E-state index contributed by atoms with van der Waals surface area (Å²) in [6, 6.07) is 9.04. The first-order chi connectivity index (χ1) is 10.5. The maximum absolute atomic E-state index is 12.5. The lowest BCUT2D eigenvalue weighted by Crippen LogP contribution is -2.42. The highest BCUT2D eigenvalue weighted by Gasteiger charge is 2.40. The number of alkyl carbamates (subject to hydrolysis) is 1. The fraction of sp³-hybridized carbons (Fsp3) is 0.429. The number of esters is 1. The molecule has 1 amide bonds. The predicted octanol–water partition coefficient (Wildman–Crippen LogP) is 2.36. The van der Waals surface area contributed by atoms with E-state index in [9.17, 15) is 14.2 Å². The van der Waals surface area contributed by atoms with E-state index in [2.05, 4.69) is 10.1 Å². The zero-order valence-electron chi connectivity index (χ0n) is 12.8. The summed E-state index contributed by atoms with van der Waals surface area (Å²) in [5.74, 6) is -2.24. The molecule has 0 saturated carbocycles. The smallest absolute Gasteiger partial charge is 0.408 e. The third-order valence-electron chi connectivity index (χ3n) is 3.03. The monoisotopic (exact) mass is 329 g/mol. The van der Waals surface area contributed by atoms with Gasteiger partial charge in [-0.2, -0.15) is 0 Å². The lowest BCUT2D eigenvalue weighted by atomic mass is 10.2. The van der Waals surface area contributed by atoms with Crippen molar-refractivity contribution in [1.29, 1.82) is 0 Å². The molecule has 0 saturated heterocycles. The van der Waals surface area contributed by atoms with Crippen LogP contribution in [0, 0.1) is 0 Å². The number of methoxy groups -OCH3 is 1. The van der Waals surface area contributed by atoms with Gasteiger partial charge in [-0.1, -0.05) is 37.3 Å². The number of carbonyl (C=O) groups excluding carboxylic acids is 2. The molecule has 0 bridgehead atoms. The molecule has 22 heavy (non-hydrogen) atoms. The Balaban J connectivity index is 2.71. The van der Waals surface area contributed by atoms with Gasteiger partial charge in [-0.05, 0) is 5.56 Å². The van der Waals surface area contributed by atoms with Crippen LogP contribution in [0.1, 0.15) is 12.5 Å². The van der Waals surface area contributed by atoms with Crippen LogP contribution in [-0.2, 0) is 30.0 Å². The highest BCUT2D eigenvalue weighted by molar-refractivity contribution is 7.60. The molecule has 8 heteroatoms. The number of amides is 1. The average Bonchev–Trinajstić information content (AvgIpc) is 2.57. The second-order valence-electron chi connectivity index (χ2n) is 4.36. The Morgan fingerprint density at radius 2 is 1.86 bits per heavy atom. The zero-order valence-corrected chi connectivity index (χ0v) is 13.7. The molecule has 2 atom stereocenters. The second-order valence-corrected chi connectivity index (χ2v) is 7.32. The molecule has 122 valence electrons. The summed E-state index contributed by atoms with van der Waals surface area (Å²) in [6.45, 7) is 1.63. The van der Waals surface area contributed by atoms with E-state index >= 15 is 0 Å². The SMILES string of the molecule is CCP(=O)(OC)C(NC(=O)OCc1ccccc1)C(=O)OC. The Morgan fingerprint density at radius 1 is 1.23 bits per heavy atom. The van der Waals surface area contributed by atoms with Crippen molar-refractivity contribution in [3.05, 3.63) is 35.9 Å². The van der Waals surface area contributed by atoms with Gasteiger partial charge in [0.2, 0.25) is 13.2 Å². The van der Waals surface area contributed by atoms with Gasteiger partial charge in [0.25, 0.3) is 0 Å². The van der Waals surface area contributed by atoms with E-state index in [-0.39, 0.29) is 12.8 Å². The van der Waals surface area contributed by atoms with Crippen molar-refractivity contribution in [1.82, 2.24) is 5.32 Å². The number of hydrogen-bond donors (Lipinski definition) is 1. The van der Waals surface area contributed by atoms with Gasteiger partial charge >= 0.3 is 12.1 Å². The molecule has 1 N–H and O–H groups in total. The molecular weight excluding hydrogens is 309 g/mol. The van der Waals surface area contributed by atoms with Crippen molar-refractivity contribution in [2.75, 3.05) is 20.4 Å². The van der Waals surface area contributed by atoms with Crippen molar-refractivity contribution in [3.63, 3.8) is 0 Å². The summed E-state index contributed by atoms with van der Waals surface area (Å²) in [5.41, 5.74) is 0.790. The minimum Gasteiger partial charge on any atom is -0.467 e. The number of rotatable bonds is 7. The normalized spacial score (nSPS) is 14.5. The molecule has 1 aromatic rings. The number of carbonyl (C=O) groups is 2. The Bertz CT molecular complexity index is 540. The van der Waals surface area contributed by atoms with Gasteiger partial charge in [-0.15, -0.1) is 0 Å². The lowest BCUT2D eigenvalue weighted by Gasteiger charge is -2.23. The largest absolute Gasteiger partial charge is 0.467 e. The molecular formula is C14H20NO6P. The molecule has 0 spiro atoms. The Hall–Kier alpha value is -1.85. The maximum atomic E-state index is 12.5. The van der Waals surface area contributed by atoms with E-state index in [1.54, 1.807) is 19.1 Å². The van der Waals surface area contributed by atoms with Crippen LogP contribution >= 0.6 is 7.37 Å². The van der Waals surface area contributed by atoms with Gasteiger partial charge in [-0.25, -0.2) is 9.59 Å². The molecule has 1 rings (SSSR count). The van der Waals surface area contributed by atoms with E-state index in [0.717, 1.165) is 12.7 Å². The van der Waals surface area contributed by atoms with Crippen LogP contribution in [0.15, 0.2) is 30.3 Å². The number of benzene rings is 1. The molecule has 0 fully saturated rings. The van der Waals surface area contributed by atoms with Crippen molar-refractivity contribution >= 4 is 19.4 Å². The number of nitrogens with one attached hydrogen (secondary N) is 1. The van der Waals surface area contributed by atoms with Crippen LogP contribution in [-0.4, -0.2) is 38.2 Å². The maximum Gasteiger partial charge on any atom is 0.408 e. The third-order valence-corrected chi connectivity index (χ3v) is 5.66. The average molecular weight is 329 g/mol. The van der Waals surface area contributed by atoms with Crippen LogP contribution < -0.4 is 5.32 Å². The Labute approximate surface area is 129 Å². The van der Waals surface area contributed by atoms with Crippen molar-refractivity contribution in [2.45, 2.75) is 19.3 Å². The fourth-order valence-electron chi connectivity index (χ4n) is 1.72. The molecule has 7 nitrogen and oxygen atoms in total. The summed E-state index contributed by atoms with van der Waals surface area (Å²) in [7, 11) is -1.04. The van der Waals surface area contributed by atoms with Crippen LogP contribution in [0.4, 0.5) is 4.79 Å². The van der Waals surface area contributed by atoms with Gasteiger partial charge in [0.15, 0.2) is 0 Å². The van der Waals surface area contributed by atoms with Crippen molar-refractivity contribution < 1.29 is 28.2 Å². The molecule has 0 radical (unpaired) electrons. The predicted molar refractivity (Wildman–Crippen MR) is 80.7 cm³/mol. The topological polar surface area (TPSA) is 90.9 Å². The van der Waals surface area contributed by atoms with E-state index in [4.69, 9.17) is 9.26 Å². The highest BCUT2D eigenvalue weighted by atomic mass is 31.2. The molecule has 1 aromatic carbocycles. The molecule has 0 heterocycles. The van der Waals surface area contributed by atoms with Gasteiger partial charge in [0.1, 0.15) is 6.61 Å². The molecule has 0 aliphatic heterocycles. The van der Waals surface area contributed by atoms with Gasteiger partial charge < -0.3 is 14.0 Å². The first kappa shape index (κ1) is 18.2. The molecule has 0 aromatic heterocycles. The standard InChI is InChI=1S/C14H20NO6P/c1-4-22(18,20-3)12(13(16)19-2)15-14(17)21-10-11-8-6-5-7-9-11/h5-9,12H,4,10H2,1-3H3,(H,15,17). The van der Waals surface area contributed by atoms with E-state index in [0.29, 0.717) is 0 Å². The van der Waals surface area contributed by atoms with E-state index in [1.165, 1.54) is 7.11 Å². The van der Waals surface area contributed by atoms with Gasteiger partial charge in [0, 0.05) is 13.3 Å². The summed E-state index contributed by atoms with van der Waals surface area (Å²) in [5, 5.41) is 2.26. The first-order valence-electron chi connectivity index (χ1n) is 6.66. The third kappa shape index (κ3) is 4.86. The number of ether oxygens (including phenoxy) is 2. The summed E-state index contributed by atoms with van der Waals surface area (Å²) < 4.78 is 27.0. The Morgan fingerprint density at radius 3 is 2.36 bits per heavy atom. The Kier molecular flexibility index (Phi) is 7.08. The first-order valence-corrected chi connectivity index (χ1v) is 8.54. The summed E-state index contributed by atoms with van der Waals surface area (Å²) in [6.07, 6.45) is -0.799. The fourth-order valence-corrected chi connectivity index (χ4v) is 3.29. The van der Waals surface area contributed by atoms with Crippen LogP contribution in [0.3, 0.4) is 0 Å². The summed E-state index contributed by atoms with van der Waals surface area (Å²) >= 11 is 0. The van der Waals surface area contributed by atoms with Crippen LogP contribution in [0.2, 0.25) is 0 Å². The minimum atomic E-state index is -3.40. The lowest BCUT2D eigenvalue weighted by molar-refractivity contribution is -0.140. The van der Waals surface area contributed by atoms with E-state index in [1.807, 2.05) is 18.2 Å². The molecule has 0 aliphatic carbocycles. The highest BCUT2D eigenvalue weighted by Crippen LogP contribution is 2.50. The van der Waals surface area contributed by atoms with Crippen molar-refractivity contribution in [3.8, 4) is 0 Å². The molecule has 0 aliphatic rings. The van der Waals surface area contributed by atoms with Crippen molar-refractivity contribution in [2.24, 2.45) is 0 Å². The molecule has 2 unspecified atom stereocenters. The number of hydrogen-bond acceptors (Lipinski definition) is 6.